The fraction of sp³-hybridized carbons (Fsp3) is 0.625. The fourth-order valence-corrected chi connectivity index (χ4v) is 3.86. The van der Waals surface area contributed by atoms with Crippen LogP contribution >= 0.6 is 0 Å². The summed E-state index contributed by atoms with van der Waals surface area (Å²) in [7, 11) is 1.72. The number of ether oxygens (including phenoxy) is 1. The van der Waals surface area contributed by atoms with E-state index >= 15 is 0 Å². The average Bonchev–Trinajstić information content (AvgIpc) is 2.43. The van der Waals surface area contributed by atoms with Gasteiger partial charge < -0.3 is 15.6 Å². The van der Waals surface area contributed by atoms with Crippen LogP contribution in [0, 0.1) is 5.41 Å². The molecule has 2 aliphatic rings. The quantitative estimate of drug-likeness (QED) is 0.870. The smallest absolute Gasteiger partial charge is 0.0768 e. The molecule has 0 saturated heterocycles. The van der Waals surface area contributed by atoms with E-state index in [9.17, 15) is 5.11 Å². The molecule has 0 amide bonds. The molecule has 3 rings (SSSR count). The van der Waals surface area contributed by atoms with E-state index in [0.29, 0.717) is 6.54 Å². The lowest BCUT2D eigenvalue weighted by Crippen LogP contribution is -2.63. The second kappa shape index (κ2) is 4.58. The molecule has 0 aliphatic heterocycles. The molecular weight excluding hydrogens is 238 g/mol. The van der Waals surface area contributed by atoms with E-state index in [4.69, 9.17) is 10.5 Å². The third kappa shape index (κ3) is 1.92. The van der Waals surface area contributed by atoms with Crippen LogP contribution in [0.3, 0.4) is 0 Å². The minimum atomic E-state index is -0.643. The topological polar surface area (TPSA) is 55.5 Å². The largest absolute Gasteiger partial charge is 0.389 e. The highest BCUT2D eigenvalue weighted by atomic mass is 16.5. The molecule has 1 unspecified atom stereocenters. The number of rotatable bonds is 3. The molecule has 0 heterocycles. The molecule has 19 heavy (non-hydrogen) atoms. The summed E-state index contributed by atoms with van der Waals surface area (Å²) in [5.41, 5.74) is 8.03. The molecule has 1 saturated carbocycles. The van der Waals surface area contributed by atoms with Crippen LogP contribution in [0.25, 0.3) is 0 Å². The molecule has 1 aromatic carbocycles. The van der Waals surface area contributed by atoms with Crippen molar-refractivity contribution in [2.24, 2.45) is 11.1 Å². The first kappa shape index (κ1) is 13.1. The molecule has 2 aliphatic carbocycles. The fourth-order valence-electron chi connectivity index (χ4n) is 3.86. The maximum absolute atomic E-state index is 11.0. The second-order valence-corrected chi connectivity index (χ2v) is 6.23. The maximum Gasteiger partial charge on any atom is 0.0768 e. The van der Waals surface area contributed by atoms with Gasteiger partial charge in [0, 0.05) is 31.9 Å². The Hall–Kier alpha value is -0.900. The van der Waals surface area contributed by atoms with Crippen LogP contribution in [0.4, 0.5) is 0 Å². The van der Waals surface area contributed by atoms with Crippen LogP contribution in [0.15, 0.2) is 24.3 Å². The summed E-state index contributed by atoms with van der Waals surface area (Å²) in [5, 5.41) is 11.0. The van der Waals surface area contributed by atoms with Crippen molar-refractivity contribution in [3.8, 4) is 0 Å². The van der Waals surface area contributed by atoms with E-state index in [1.165, 1.54) is 11.1 Å². The van der Waals surface area contributed by atoms with Crippen LogP contribution in [-0.2, 0) is 17.6 Å². The first-order valence-electron chi connectivity index (χ1n) is 7.14. The SMILES string of the molecule is COC1CC(O)(C2(CN)CCc3ccccc3C2)C1. The molecule has 1 atom stereocenters. The summed E-state index contributed by atoms with van der Waals surface area (Å²) in [6.07, 6.45) is 4.55. The Kier molecular flexibility index (Phi) is 3.16. The van der Waals surface area contributed by atoms with Gasteiger partial charge in [-0.1, -0.05) is 24.3 Å². The Balaban J connectivity index is 1.86. The molecule has 104 valence electrons. The normalized spacial score (nSPS) is 37.5. The minimum Gasteiger partial charge on any atom is -0.389 e. The predicted molar refractivity (Wildman–Crippen MR) is 74.9 cm³/mol. The lowest BCUT2D eigenvalue weighted by molar-refractivity contribution is -0.198. The lowest BCUT2D eigenvalue weighted by atomic mass is 9.54. The highest BCUT2D eigenvalue weighted by molar-refractivity contribution is 5.33. The summed E-state index contributed by atoms with van der Waals surface area (Å²) < 4.78 is 5.33. The van der Waals surface area contributed by atoms with Gasteiger partial charge in [-0.3, -0.25) is 0 Å². The van der Waals surface area contributed by atoms with E-state index in [1.54, 1.807) is 7.11 Å². The number of hydrogen-bond donors (Lipinski definition) is 2. The molecule has 0 spiro atoms. The first-order valence-corrected chi connectivity index (χ1v) is 7.14. The maximum atomic E-state index is 11.0. The van der Waals surface area contributed by atoms with Crippen molar-refractivity contribution in [1.29, 1.82) is 0 Å². The third-order valence-corrected chi connectivity index (χ3v) is 5.36. The number of aliphatic hydroxyl groups is 1. The molecule has 0 radical (unpaired) electrons. The Morgan fingerprint density at radius 2 is 2.00 bits per heavy atom. The molecule has 3 nitrogen and oxygen atoms in total. The predicted octanol–water partition coefficient (Wildman–Crippen LogP) is 1.66. The van der Waals surface area contributed by atoms with Crippen molar-refractivity contribution in [2.75, 3.05) is 13.7 Å². The van der Waals surface area contributed by atoms with Gasteiger partial charge in [0.05, 0.1) is 11.7 Å². The van der Waals surface area contributed by atoms with E-state index < -0.39 is 5.60 Å². The van der Waals surface area contributed by atoms with Gasteiger partial charge in [0.15, 0.2) is 0 Å². The van der Waals surface area contributed by atoms with Gasteiger partial charge >= 0.3 is 0 Å². The van der Waals surface area contributed by atoms with Crippen molar-refractivity contribution < 1.29 is 9.84 Å². The van der Waals surface area contributed by atoms with Gasteiger partial charge in [-0.15, -0.1) is 0 Å². The van der Waals surface area contributed by atoms with E-state index in [0.717, 1.165) is 32.1 Å². The highest BCUT2D eigenvalue weighted by Gasteiger charge is 2.57. The van der Waals surface area contributed by atoms with Gasteiger partial charge in [-0.25, -0.2) is 0 Å². The number of fused-ring (bicyclic) bond motifs is 1. The van der Waals surface area contributed by atoms with Gasteiger partial charge in [0.1, 0.15) is 0 Å². The number of methoxy groups -OCH3 is 1. The molecule has 0 aromatic heterocycles. The number of hydrogen-bond acceptors (Lipinski definition) is 3. The average molecular weight is 261 g/mol. The summed E-state index contributed by atoms with van der Waals surface area (Å²) in [4.78, 5) is 0. The van der Waals surface area contributed by atoms with E-state index in [-0.39, 0.29) is 11.5 Å². The Morgan fingerprint density at radius 1 is 1.32 bits per heavy atom. The standard InChI is InChI=1S/C16H23NO2/c1-19-14-9-16(18,10-14)15(11-17)7-6-12-4-2-3-5-13(12)8-15/h2-5,14,18H,6-11,17H2,1H3. The molecular formula is C16H23NO2. The summed E-state index contributed by atoms with van der Waals surface area (Å²) >= 11 is 0. The van der Waals surface area contributed by atoms with Crippen molar-refractivity contribution in [2.45, 2.75) is 43.8 Å². The van der Waals surface area contributed by atoms with Crippen LogP contribution in [-0.4, -0.2) is 30.5 Å². The Bertz CT molecular complexity index is 468. The number of nitrogens with two attached hydrogens (primary N) is 1. The Morgan fingerprint density at radius 3 is 2.63 bits per heavy atom. The van der Waals surface area contributed by atoms with Gasteiger partial charge in [0.25, 0.3) is 0 Å². The molecule has 3 N–H and O–H groups in total. The van der Waals surface area contributed by atoms with Gasteiger partial charge in [-0.2, -0.15) is 0 Å². The molecule has 3 heteroatoms. The zero-order valence-electron chi connectivity index (χ0n) is 11.6. The van der Waals surface area contributed by atoms with E-state index in [2.05, 4.69) is 24.3 Å². The molecule has 1 aromatic rings. The minimum absolute atomic E-state index is 0.170. The van der Waals surface area contributed by atoms with Crippen LogP contribution in [0.1, 0.15) is 30.4 Å². The lowest BCUT2D eigenvalue weighted by Gasteiger charge is -2.56. The van der Waals surface area contributed by atoms with Gasteiger partial charge in [-0.05, 0) is 30.4 Å². The highest BCUT2D eigenvalue weighted by Crippen LogP contribution is 2.52. The number of benzene rings is 1. The van der Waals surface area contributed by atoms with Crippen LogP contribution in [0.2, 0.25) is 0 Å². The molecule has 0 bridgehead atoms. The summed E-state index contributed by atoms with van der Waals surface area (Å²) in [5.74, 6) is 0. The zero-order chi connectivity index (χ0) is 13.5. The van der Waals surface area contributed by atoms with Crippen LogP contribution in [0.5, 0.6) is 0 Å². The van der Waals surface area contributed by atoms with Gasteiger partial charge in [0.2, 0.25) is 0 Å². The number of aryl methyl sites for hydroxylation is 1. The van der Waals surface area contributed by atoms with Crippen molar-refractivity contribution in [3.63, 3.8) is 0 Å². The summed E-state index contributed by atoms with van der Waals surface area (Å²) in [6, 6.07) is 8.54. The van der Waals surface area contributed by atoms with Crippen LogP contribution < -0.4 is 5.73 Å². The second-order valence-electron chi connectivity index (χ2n) is 6.23. The van der Waals surface area contributed by atoms with Crippen molar-refractivity contribution >= 4 is 0 Å². The monoisotopic (exact) mass is 261 g/mol. The third-order valence-electron chi connectivity index (χ3n) is 5.36. The van der Waals surface area contributed by atoms with Crippen molar-refractivity contribution in [1.82, 2.24) is 0 Å². The molecule has 1 fully saturated rings. The summed E-state index contributed by atoms with van der Waals surface area (Å²) in [6.45, 7) is 0.550. The Labute approximate surface area is 114 Å². The zero-order valence-corrected chi connectivity index (χ0v) is 11.6. The first-order chi connectivity index (χ1) is 9.12. The van der Waals surface area contributed by atoms with Crippen molar-refractivity contribution in [3.05, 3.63) is 35.4 Å². The van der Waals surface area contributed by atoms with E-state index in [1.807, 2.05) is 0 Å².